The lowest BCUT2D eigenvalue weighted by molar-refractivity contribution is -0.142. The SMILES string of the molecule is CCOC(=O)CNC1CCc2cc(N)ccc21. The van der Waals surface area contributed by atoms with E-state index in [1.807, 2.05) is 25.1 Å². The van der Waals surface area contributed by atoms with Gasteiger partial charge in [0, 0.05) is 11.7 Å². The molecule has 0 radical (unpaired) electrons. The van der Waals surface area contributed by atoms with Crippen molar-refractivity contribution in [1.82, 2.24) is 5.32 Å². The Hall–Kier alpha value is -1.55. The van der Waals surface area contributed by atoms with Crippen molar-refractivity contribution in [2.45, 2.75) is 25.8 Å². The molecule has 1 aliphatic rings. The van der Waals surface area contributed by atoms with Crippen LogP contribution in [0.4, 0.5) is 5.69 Å². The Morgan fingerprint density at radius 2 is 2.41 bits per heavy atom. The molecule has 0 spiro atoms. The van der Waals surface area contributed by atoms with Crippen LogP contribution < -0.4 is 11.1 Å². The molecule has 92 valence electrons. The third kappa shape index (κ3) is 2.77. The quantitative estimate of drug-likeness (QED) is 0.610. The zero-order chi connectivity index (χ0) is 12.3. The number of esters is 1. The van der Waals surface area contributed by atoms with E-state index in [0.29, 0.717) is 6.61 Å². The summed E-state index contributed by atoms with van der Waals surface area (Å²) in [7, 11) is 0. The summed E-state index contributed by atoms with van der Waals surface area (Å²) in [5.74, 6) is -0.198. The molecule has 4 nitrogen and oxygen atoms in total. The van der Waals surface area contributed by atoms with Crippen molar-refractivity contribution < 1.29 is 9.53 Å². The van der Waals surface area contributed by atoms with E-state index in [2.05, 4.69) is 5.32 Å². The fourth-order valence-corrected chi connectivity index (χ4v) is 2.27. The van der Waals surface area contributed by atoms with Gasteiger partial charge in [0.2, 0.25) is 0 Å². The smallest absolute Gasteiger partial charge is 0.319 e. The average Bonchev–Trinajstić information content (AvgIpc) is 2.69. The normalized spacial score (nSPS) is 17.8. The second kappa shape index (κ2) is 5.19. The number of ether oxygens (including phenoxy) is 1. The van der Waals surface area contributed by atoms with Crippen LogP contribution in [0.3, 0.4) is 0 Å². The molecule has 0 saturated heterocycles. The Morgan fingerprint density at radius 1 is 1.59 bits per heavy atom. The van der Waals surface area contributed by atoms with Gasteiger partial charge in [-0.15, -0.1) is 0 Å². The molecule has 2 rings (SSSR count). The lowest BCUT2D eigenvalue weighted by atomic mass is 10.1. The Balaban J connectivity index is 1.95. The molecule has 1 aliphatic carbocycles. The summed E-state index contributed by atoms with van der Waals surface area (Å²) in [5, 5.41) is 3.23. The third-order valence-electron chi connectivity index (χ3n) is 3.04. The Kier molecular flexibility index (Phi) is 3.64. The number of carbonyl (C=O) groups excluding carboxylic acids is 1. The number of benzene rings is 1. The first kappa shape index (κ1) is 11.9. The van der Waals surface area contributed by atoms with Crippen LogP contribution in [0.5, 0.6) is 0 Å². The molecule has 1 aromatic rings. The maximum absolute atomic E-state index is 11.3. The number of nitrogens with two attached hydrogens (primary N) is 1. The highest BCUT2D eigenvalue weighted by molar-refractivity contribution is 5.71. The second-order valence-corrected chi connectivity index (χ2v) is 4.24. The first-order valence-electron chi connectivity index (χ1n) is 5.98. The van der Waals surface area contributed by atoms with Gasteiger partial charge in [-0.3, -0.25) is 4.79 Å². The van der Waals surface area contributed by atoms with Gasteiger partial charge in [-0.1, -0.05) is 6.07 Å². The maximum Gasteiger partial charge on any atom is 0.319 e. The molecule has 1 aromatic carbocycles. The van der Waals surface area contributed by atoms with Crippen molar-refractivity contribution in [3.8, 4) is 0 Å². The minimum atomic E-state index is -0.198. The van der Waals surface area contributed by atoms with Crippen LogP contribution in [-0.2, 0) is 16.0 Å². The van der Waals surface area contributed by atoms with Gasteiger partial charge < -0.3 is 15.8 Å². The van der Waals surface area contributed by atoms with Crippen LogP contribution in [0.25, 0.3) is 0 Å². The standard InChI is InChI=1S/C13H18N2O2/c1-2-17-13(16)8-15-12-6-3-9-7-10(14)4-5-11(9)12/h4-5,7,12,15H,2-3,6,8,14H2,1H3. The molecule has 1 atom stereocenters. The molecule has 0 amide bonds. The summed E-state index contributed by atoms with van der Waals surface area (Å²) in [6, 6.07) is 6.21. The molecule has 4 heteroatoms. The largest absolute Gasteiger partial charge is 0.465 e. The van der Waals surface area contributed by atoms with E-state index in [4.69, 9.17) is 10.5 Å². The fraction of sp³-hybridized carbons (Fsp3) is 0.462. The van der Waals surface area contributed by atoms with E-state index in [-0.39, 0.29) is 18.6 Å². The maximum atomic E-state index is 11.3. The first-order valence-corrected chi connectivity index (χ1v) is 5.98. The molecule has 0 aromatic heterocycles. The summed E-state index contributed by atoms with van der Waals surface area (Å²) in [6.45, 7) is 2.51. The number of hydrogen-bond donors (Lipinski definition) is 2. The number of rotatable bonds is 4. The van der Waals surface area contributed by atoms with Gasteiger partial charge in [-0.05, 0) is 43.0 Å². The zero-order valence-corrected chi connectivity index (χ0v) is 10.0. The van der Waals surface area contributed by atoms with E-state index < -0.39 is 0 Å². The number of carbonyl (C=O) groups is 1. The number of nitrogens with one attached hydrogen (secondary N) is 1. The van der Waals surface area contributed by atoms with Crippen LogP contribution in [0.15, 0.2) is 18.2 Å². The fourth-order valence-electron chi connectivity index (χ4n) is 2.27. The highest BCUT2D eigenvalue weighted by atomic mass is 16.5. The summed E-state index contributed by atoms with van der Waals surface area (Å²) >= 11 is 0. The Morgan fingerprint density at radius 3 is 3.18 bits per heavy atom. The van der Waals surface area contributed by atoms with Crippen molar-refractivity contribution in [3.05, 3.63) is 29.3 Å². The zero-order valence-electron chi connectivity index (χ0n) is 10.0. The van der Waals surface area contributed by atoms with Crippen LogP contribution in [0.2, 0.25) is 0 Å². The van der Waals surface area contributed by atoms with E-state index in [1.165, 1.54) is 11.1 Å². The van der Waals surface area contributed by atoms with E-state index in [9.17, 15) is 4.79 Å². The van der Waals surface area contributed by atoms with Crippen molar-refractivity contribution >= 4 is 11.7 Å². The summed E-state index contributed by atoms with van der Waals surface area (Å²) in [6.07, 6.45) is 2.03. The topological polar surface area (TPSA) is 64.3 Å². The molecule has 1 unspecified atom stereocenters. The minimum Gasteiger partial charge on any atom is -0.465 e. The summed E-state index contributed by atoms with van der Waals surface area (Å²) < 4.78 is 4.89. The average molecular weight is 234 g/mol. The molecule has 0 bridgehead atoms. The number of nitrogen functional groups attached to an aromatic ring is 1. The van der Waals surface area contributed by atoms with Crippen LogP contribution in [-0.4, -0.2) is 19.1 Å². The molecule has 3 N–H and O–H groups in total. The van der Waals surface area contributed by atoms with E-state index >= 15 is 0 Å². The molecule has 0 aliphatic heterocycles. The monoisotopic (exact) mass is 234 g/mol. The van der Waals surface area contributed by atoms with Crippen LogP contribution in [0, 0.1) is 0 Å². The van der Waals surface area contributed by atoms with Gasteiger partial charge in [0.25, 0.3) is 0 Å². The van der Waals surface area contributed by atoms with Crippen molar-refractivity contribution in [3.63, 3.8) is 0 Å². The van der Waals surface area contributed by atoms with Gasteiger partial charge in [-0.25, -0.2) is 0 Å². The van der Waals surface area contributed by atoms with Gasteiger partial charge >= 0.3 is 5.97 Å². The van der Waals surface area contributed by atoms with Crippen molar-refractivity contribution in [2.75, 3.05) is 18.9 Å². The molecular formula is C13H18N2O2. The molecule has 0 saturated carbocycles. The summed E-state index contributed by atoms with van der Waals surface area (Å²) in [4.78, 5) is 11.3. The molecular weight excluding hydrogens is 216 g/mol. The van der Waals surface area contributed by atoms with Crippen molar-refractivity contribution in [2.24, 2.45) is 0 Å². The molecule has 17 heavy (non-hydrogen) atoms. The third-order valence-corrected chi connectivity index (χ3v) is 3.04. The van der Waals surface area contributed by atoms with E-state index in [1.54, 1.807) is 0 Å². The number of hydrogen-bond acceptors (Lipinski definition) is 4. The predicted octanol–water partition coefficient (Wildman–Crippen LogP) is 1.41. The Bertz CT molecular complexity index is 418. The van der Waals surface area contributed by atoms with E-state index in [0.717, 1.165) is 18.5 Å². The van der Waals surface area contributed by atoms with Gasteiger partial charge in [0.15, 0.2) is 0 Å². The highest BCUT2D eigenvalue weighted by Gasteiger charge is 2.22. The molecule has 0 heterocycles. The number of aryl methyl sites for hydroxylation is 1. The number of fused-ring (bicyclic) bond motifs is 1. The lowest BCUT2D eigenvalue weighted by Gasteiger charge is -2.13. The van der Waals surface area contributed by atoms with Crippen LogP contribution in [0.1, 0.15) is 30.5 Å². The number of anilines is 1. The minimum absolute atomic E-state index is 0.198. The lowest BCUT2D eigenvalue weighted by Crippen LogP contribution is -2.27. The highest BCUT2D eigenvalue weighted by Crippen LogP contribution is 2.32. The van der Waals surface area contributed by atoms with Gasteiger partial charge in [-0.2, -0.15) is 0 Å². The van der Waals surface area contributed by atoms with Gasteiger partial charge in [0.1, 0.15) is 0 Å². The van der Waals surface area contributed by atoms with Crippen LogP contribution >= 0.6 is 0 Å². The Labute approximate surface area is 101 Å². The summed E-state index contributed by atoms with van der Waals surface area (Å²) in [5.41, 5.74) is 9.08. The van der Waals surface area contributed by atoms with Crippen molar-refractivity contribution in [1.29, 1.82) is 0 Å². The van der Waals surface area contributed by atoms with Gasteiger partial charge in [0.05, 0.1) is 13.2 Å². The first-order chi connectivity index (χ1) is 8.20. The second-order valence-electron chi connectivity index (χ2n) is 4.24. The molecule has 0 fully saturated rings. The predicted molar refractivity (Wildman–Crippen MR) is 66.6 cm³/mol.